The second-order valence-corrected chi connectivity index (χ2v) is 4.97. The van der Waals surface area contributed by atoms with E-state index in [2.05, 4.69) is 5.32 Å². The van der Waals surface area contributed by atoms with Crippen LogP contribution in [0.25, 0.3) is 0 Å². The zero-order valence-electron chi connectivity index (χ0n) is 10.9. The van der Waals surface area contributed by atoms with Crippen LogP contribution in [0.1, 0.15) is 32.4 Å². The van der Waals surface area contributed by atoms with Gasteiger partial charge in [-0.1, -0.05) is 18.2 Å². The lowest BCUT2D eigenvalue weighted by Crippen LogP contribution is -2.27. The number of benzene rings is 1. The summed E-state index contributed by atoms with van der Waals surface area (Å²) in [6.07, 6.45) is -1.37. The van der Waals surface area contributed by atoms with Crippen molar-refractivity contribution in [2.45, 2.75) is 32.5 Å². The molecule has 0 unspecified atom stereocenters. The zero-order chi connectivity index (χ0) is 13.8. The molecule has 0 saturated heterocycles. The smallest absolute Gasteiger partial charge is 0.412 e. The number of amides is 1. The molecule has 0 heterocycles. The number of ether oxygens (including phenoxy) is 1. The Morgan fingerprint density at radius 2 is 2.06 bits per heavy atom. The first kappa shape index (κ1) is 14.5. The Bertz CT molecular complexity index is 413. The zero-order valence-corrected chi connectivity index (χ0v) is 10.9. The molecule has 18 heavy (non-hydrogen) atoms. The van der Waals surface area contributed by atoms with Gasteiger partial charge in [-0.25, -0.2) is 4.79 Å². The largest absolute Gasteiger partial charge is 0.444 e. The molecular formula is C13H20N2O3. The van der Waals surface area contributed by atoms with Gasteiger partial charge in [0.15, 0.2) is 0 Å². The Morgan fingerprint density at radius 1 is 1.44 bits per heavy atom. The minimum Gasteiger partial charge on any atom is -0.444 e. The molecule has 1 aromatic rings. The fraction of sp³-hybridized carbons (Fsp3) is 0.462. The predicted octanol–water partition coefficient (Wildman–Crippen LogP) is 2.03. The maximum Gasteiger partial charge on any atom is 0.412 e. The molecule has 1 rings (SSSR count). The molecule has 0 aliphatic rings. The van der Waals surface area contributed by atoms with Crippen molar-refractivity contribution in [1.82, 2.24) is 0 Å². The molecule has 0 spiro atoms. The van der Waals surface area contributed by atoms with Crippen LogP contribution in [0.2, 0.25) is 0 Å². The summed E-state index contributed by atoms with van der Waals surface area (Å²) in [4.78, 5) is 11.6. The van der Waals surface area contributed by atoms with Gasteiger partial charge in [-0.3, -0.25) is 5.32 Å². The first-order chi connectivity index (χ1) is 8.33. The molecule has 5 nitrogen and oxygen atoms in total. The summed E-state index contributed by atoms with van der Waals surface area (Å²) >= 11 is 0. The summed E-state index contributed by atoms with van der Waals surface area (Å²) < 4.78 is 5.15. The highest BCUT2D eigenvalue weighted by Gasteiger charge is 2.18. The number of hydrogen-bond acceptors (Lipinski definition) is 4. The van der Waals surface area contributed by atoms with Crippen LogP contribution in [0, 0.1) is 0 Å². The summed E-state index contributed by atoms with van der Waals surface area (Å²) in [6, 6.07) is 6.94. The highest BCUT2D eigenvalue weighted by Crippen LogP contribution is 2.22. The summed E-state index contributed by atoms with van der Waals surface area (Å²) in [5, 5.41) is 12.3. The van der Waals surface area contributed by atoms with Crippen LogP contribution < -0.4 is 11.1 Å². The normalized spacial score (nSPS) is 12.9. The second kappa shape index (κ2) is 5.84. The Balaban J connectivity index is 2.81. The fourth-order valence-electron chi connectivity index (χ4n) is 1.44. The maximum atomic E-state index is 11.6. The highest BCUT2D eigenvalue weighted by molar-refractivity contribution is 5.86. The lowest BCUT2D eigenvalue weighted by Gasteiger charge is -2.21. The molecule has 5 heteroatoms. The number of rotatable bonds is 3. The molecule has 0 fully saturated rings. The van der Waals surface area contributed by atoms with Crippen LogP contribution in [-0.4, -0.2) is 23.3 Å². The van der Waals surface area contributed by atoms with E-state index in [1.165, 1.54) is 0 Å². The molecule has 100 valence electrons. The van der Waals surface area contributed by atoms with Crippen LogP contribution in [0.3, 0.4) is 0 Å². The number of aliphatic hydroxyl groups is 1. The topological polar surface area (TPSA) is 84.6 Å². The Kier molecular flexibility index (Phi) is 4.69. The molecular weight excluding hydrogens is 232 g/mol. The van der Waals surface area contributed by atoms with Gasteiger partial charge in [0.2, 0.25) is 0 Å². The van der Waals surface area contributed by atoms with Crippen LogP contribution in [0.4, 0.5) is 10.5 Å². The molecule has 0 saturated carbocycles. The van der Waals surface area contributed by atoms with Crippen molar-refractivity contribution >= 4 is 11.8 Å². The highest BCUT2D eigenvalue weighted by atomic mass is 16.6. The average Bonchev–Trinajstić information content (AvgIpc) is 2.26. The van der Waals surface area contributed by atoms with Crippen molar-refractivity contribution in [3.63, 3.8) is 0 Å². The van der Waals surface area contributed by atoms with Crippen molar-refractivity contribution in [3.05, 3.63) is 29.8 Å². The predicted molar refractivity (Wildman–Crippen MR) is 70.3 cm³/mol. The lowest BCUT2D eigenvalue weighted by molar-refractivity contribution is 0.0635. The first-order valence-electron chi connectivity index (χ1n) is 5.80. The van der Waals surface area contributed by atoms with Gasteiger partial charge in [0.05, 0.1) is 6.10 Å². The molecule has 0 radical (unpaired) electrons. The van der Waals surface area contributed by atoms with Gasteiger partial charge < -0.3 is 15.6 Å². The molecule has 4 N–H and O–H groups in total. The van der Waals surface area contributed by atoms with Crippen LogP contribution >= 0.6 is 0 Å². The standard InChI is InChI=1S/C13H20N2O3/c1-13(2,3)18-12(17)15-10-7-5-4-6-9(10)11(16)8-14/h4-7,11,16H,8,14H2,1-3H3,(H,15,17)/t11-/m1/s1. The minimum atomic E-state index is -0.809. The third-order valence-corrected chi connectivity index (χ3v) is 2.18. The van der Waals surface area contributed by atoms with Crippen molar-refractivity contribution in [1.29, 1.82) is 0 Å². The van der Waals surface area contributed by atoms with Crippen molar-refractivity contribution < 1.29 is 14.6 Å². The number of anilines is 1. The summed E-state index contributed by atoms with van der Waals surface area (Å²) in [6.45, 7) is 5.45. The Morgan fingerprint density at radius 3 is 2.61 bits per heavy atom. The molecule has 0 aliphatic heterocycles. The average molecular weight is 252 g/mol. The number of nitrogens with one attached hydrogen (secondary N) is 1. The Labute approximate surface area is 107 Å². The number of carbonyl (C=O) groups is 1. The summed E-state index contributed by atoms with van der Waals surface area (Å²) in [5.41, 5.74) is 5.93. The van der Waals surface area contributed by atoms with E-state index < -0.39 is 17.8 Å². The number of carbonyl (C=O) groups excluding carboxylic acids is 1. The van der Waals surface area contributed by atoms with E-state index in [0.717, 1.165) is 0 Å². The number of nitrogens with two attached hydrogens (primary N) is 1. The van der Waals surface area contributed by atoms with Gasteiger partial charge in [-0.15, -0.1) is 0 Å². The van der Waals surface area contributed by atoms with E-state index in [0.29, 0.717) is 11.3 Å². The van der Waals surface area contributed by atoms with E-state index >= 15 is 0 Å². The van der Waals surface area contributed by atoms with Crippen molar-refractivity contribution in [2.24, 2.45) is 5.73 Å². The number of para-hydroxylation sites is 1. The van der Waals surface area contributed by atoms with Gasteiger partial charge >= 0.3 is 6.09 Å². The Hall–Kier alpha value is -1.59. The van der Waals surface area contributed by atoms with E-state index in [1.54, 1.807) is 45.0 Å². The van der Waals surface area contributed by atoms with E-state index in [1.807, 2.05) is 0 Å². The van der Waals surface area contributed by atoms with Crippen LogP contribution in [0.15, 0.2) is 24.3 Å². The molecule has 0 bridgehead atoms. The SMILES string of the molecule is CC(C)(C)OC(=O)Nc1ccccc1[C@H](O)CN. The third kappa shape index (κ3) is 4.35. The van der Waals surface area contributed by atoms with E-state index in [-0.39, 0.29) is 6.54 Å². The van der Waals surface area contributed by atoms with Crippen molar-refractivity contribution in [2.75, 3.05) is 11.9 Å². The fourth-order valence-corrected chi connectivity index (χ4v) is 1.44. The van der Waals surface area contributed by atoms with E-state index in [4.69, 9.17) is 10.5 Å². The number of hydrogen-bond donors (Lipinski definition) is 3. The van der Waals surface area contributed by atoms with Crippen LogP contribution in [-0.2, 0) is 4.74 Å². The van der Waals surface area contributed by atoms with Crippen molar-refractivity contribution in [3.8, 4) is 0 Å². The van der Waals surface area contributed by atoms with Gasteiger partial charge in [-0.2, -0.15) is 0 Å². The quantitative estimate of drug-likeness (QED) is 0.768. The molecule has 1 atom stereocenters. The minimum absolute atomic E-state index is 0.0903. The lowest BCUT2D eigenvalue weighted by atomic mass is 10.1. The summed E-state index contributed by atoms with van der Waals surface area (Å²) in [7, 11) is 0. The van der Waals surface area contributed by atoms with Gasteiger partial charge in [-0.05, 0) is 26.8 Å². The molecule has 1 aromatic carbocycles. The first-order valence-corrected chi connectivity index (χ1v) is 5.80. The third-order valence-electron chi connectivity index (χ3n) is 2.18. The maximum absolute atomic E-state index is 11.6. The van der Waals surface area contributed by atoms with Gasteiger partial charge in [0.1, 0.15) is 5.60 Å². The molecule has 0 aliphatic carbocycles. The number of aliphatic hydroxyl groups excluding tert-OH is 1. The van der Waals surface area contributed by atoms with Crippen LogP contribution in [0.5, 0.6) is 0 Å². The second-order valence-electron chi connectivity index (χ2n) is 4.97. The summed E-state index contributed by atoms with van der Waals surface area (Å²) in [5.74, 6) is 0. The van der Waals surface area contributed by atoms with Gasteiger partial charge in [0.25, 0.3) is 0 Å². The molecule has 0 aromatic heterocycles. The van der Waals surface area contributed by atoms with E-state index in [9.17, 15) is 9.90 Å². The molecule has 1 amide bonds. The van der Waals surface area contributed by atoms with Gasteiger partial charge in [0, 0.05) is 17.8 Å². The monoisotopic (exact) mass is 252 g/mol.